The lowest BCUT2D eigenvalue weighted by Crippen LogP contribution is -2.04. The lowest BCUT2D eigenvalue weighted by Gasteiger charge is -2.17. The molecule has 0 aliphatic rings. The van der Waals surface area contributed by atoms with Gasteiger partial charge in [-0.05, 0) is 34.9 Å². The summed E-state index contributed by atoms with van der Waals surface area (Å²) in [5.41, 5.74) is 3.25. The van der Waals surface area contributed by atoms with E-state index < -0.39 is 0 Å². The van der Waals surface area contributed by atoms with Crippen LogP contribution >= 0.6 is 0 Å². The molecule has 0 amide bonds. The molecule has 0 spiro atoms. The van der Waals surface area contributed by atoms with Gasteiger partial charge >= 0.3 is 0 Å². The molecular formula is C27H23O3. The topological polar surface area (TPSA) is 27.7 Å². The normalized spacial score (nSPS) is 10.4. The monoisotopic (exact) mass is 395 g/mol. The van der Waals surface area contributed by atoms with Gasteiger partial charge in [0.25, 0.3) is 0 Å². The highest BCUT2D eigenvalue weighted by molar-refractivity contribution is 5.51. The maximum atomic E-state index is 6.16. The number of rotatable bonds is 9. The summed E-state index contributed by atoms with van der Waals surface area (Å²) < 4.78 is 18.3. The number of ether oxygens (including phenoxy) is 3. The average molecular weight is 395 g/mol. The third kappa shape index (κ3) is 5.42. The Morgan fingerprint density at radius 3 is 1.23 bits per heavy atom. The standard InChI is InChI=1S/C27H23O3/c1-4-11-22(12-5-1)19-28-25-17-10-18-26(29-20-23-13-6-2-7-14-23)27(25)30-21-24-15-8-3-9-16-24/h1-9,11-18H,19-21H2. The second kappa shape index (κ2) is 10.2. The van der Waals surface area contributed by atoms with Gasteiger partial charge in [-0.25, -0.2) is 0 Å². The van der Waals surface area contributed by atoms with Crippen molar-refractivity contribution in [1.29, 1.82) is 0 Å². The molecule has 0 aliphatic carbocycles. The van der Waals surface area contributed by atoms with Gasteiger partial charge < -0.3 is 14.2 Å². The van der Waals surface area contributed by atoms with Gasteiger partial charge in [0.2, 0.25) is 5.75 Å². The molecule has 0 saturated heterocycles. The van der Waals surface area contributed by atoms with Crippen molar-refractivity contribution in [1.82, 2.24) is 0 Å². The number of hydrogen-bond donors (Lipinski definition) is 0. The van der Waals surface area contributed by atoms with Gasteiger partial charge in [-0.2, -0.15) is 0 Å². The number of benzene rings is 4. The molecule has 149 valence electrons. The summed E-state index contributed by atoms with van der Waals surface area (Å²) in [4.78, 5) is 0. The van der Waals surface area contributed by atoms with Crippen LogP contribution in [-0.4, -0.2) is 0 Å². The van der Waals surface area contributed by atoms with E-state index in [1.807, 2.05) is 91.0 Å². The zero-order valence-electron chi connectivity index (χ0n) is 16.7. The van der Waals surface area contributed by atoms with Crippen LogP contribution in [0.5, 0.6) is 17.2 Å². The van der Waals surface area contributed by atoms with E-state index in [0.717, 1.165) is 16.7 Å². The van der Waals surface area contributed by atoms with Gasteiger partial charge in [-0.3, -0.25) is 0 Å². The van der Waals surface area contributed by atoms with Gasteiger partial charge in [0.15, 0.2) is 11.5 Å². The van der Waals surface area contributed by atoms with Gasteiger partial charge in [0.05, 0.1) is 0 Å². The van der Waals surface area contributed by atoms with E-state index in [2.05, 4.69) is 6.07 Å². The summed E-state index contributed by atoms with van der Waals surface area (Å²) in [6.45, 7) is 1.31. The van der Waals surface area contributed by atoms with Gasteiger partial charge in [-0.15, -0.1) is 0 Å². The first-order chi connectivity index (χ1) is 14.9. The molecule has 0 unspecified atom stereocenters. The summed E-state index contributed by atoms with van der Waals surface area (Å²) in [7, 11) is 0. The fraction of sp³-hybridized carbons (Fsp3) is 0.111. The zero-order valence-corrected chi connectivity index (χ0v) is 16.7. The highest BCUT2D eigenvalue weighted by Gasteiger charge is 2.14. The van der Waals surface area contributed by atoms with Crippen molar-refractivity contribution < 1.29 is 14.2 Å². The molecule has 1 radical (unpaired) electrons. The molecule has 4 aromatic carbocycles. The highest BCUT2D eigenvalue weighted by Crippen LogP contribution is 2.38. The first-order valence-electron chi connectivity index (χ1n) is 9.93. The van der Waals surface area contributed by atoms with Crippen LogP contribution in [0.2, 0.25) is 0 Å². The van der Waals surface area contributed by atoms with Crippen LogP contribution in [0.1, 0.15) is 16.7 Å². The Labute approximate surface area is 177 Å². The van der Waals surface area contributed by atoms with E-state index >= 15 is 0 Å². The van der Waals surface area contributed by atoms with E-state index in [9.17, 15) is 0 Å². The molecule has 0 fully saturated rings. The molecule has 0 aromatic heterocycles. The average Bonchev–Trinajstić information content (AvgIpc) is 2.82. The van der Waals surface area contributed by atoms with Crippen molar-refractivity contribution in [3.8, 4) is 17.2 Å². The molecular weight excluding hydrogens is 372 g/mol. The fourth-order valence-electron chi connectivity index (χ4n) is 3.00. The Balaban J connectivity index is 1.54. The summed E-state index contributed by atoms with van der Waals surface area (Å²) in [6.07, 6.45) is 0. The lowest BCUT2D eigenvalue weighted by molar-refractivity contribution is 0.230. The molecule has 0 aliphatic heterocycles. The van der Waals surface area contributed by atoms with Crippen molar-refractivity contribution in [2.75, 3.05) is 0 Å². The van der Waals surface area contributed by atoms with E-state index in [1.54, 1.807) is 12.1 Å². The van der Waals surface area contributed by atoms with Crippen LogP contribution in [-0.2, 0) is 19.8 Å². The predicted molar refractivity (Wildman–Crippen MR) is 118 cm³/mol. The molecule has 0 heterocycles. The van der Waals surface area contributed by atoms with Crippen molar-refractivity contribution in [2.24, 2.45) is 0 Å². The summed E-state index contributed by atoms with van der Waals surface area (Å²) in [5.74, 6) is 1.81. The SMILES string of the molecule is [c]1cc(OCc2ccccc2)c(OCc2ccccc2)c(OCc2ccccc2)c1. The Morgan fingerprint density at radius 1 is 0.467 bits per heavy atom. The van der Waals surface area contributed by atoms with E-state index in [-0.39, 0.29) is 0 Å². The second-order valence-electron chi connectivity index (χ2n) is 6.84. The Morgan fingerprint density at radius 2 is 0.833 bits per heavy atom. The van der Waals surface area contributed by atoms with Crippen LogP contribution in [0.15, 0.2) is 103 Å². The number of hydrogen-bond acceptors (Lipinski definition) is 3. The maximum absolute atomic E-state index is 6.16. The molecule has 3 nitrogen and oxygen atoms in total. The first kappa shape index (κ1) is 19.6. The van der Waals surface area contributed by atoms with Crippen molar-refractivity contribution in [2.45, 2.75) is 19.8 Å². The maximum Gasteiger partial charge on any atom is 0.203 e. The van der Waals surface area contributed by atoms with Gasteiger partial charge in [-0.1, -0.05) is 91.0 Å². The fourth-order valence-corrected chi connectivity index (χ4v) is 3.00. The minimum absolute atomic E-state index is 0.425. The molecule has 0 atom stereocenters. The van der Waals surface area contributed by atoms with Crippen LogP contribution in [0.25, 0.3) is 0 Å². The van der Waals surface area contributed by atoms with Gasteiger partial charge in [0.1, 0.15) is 19.8 Å². The second-order valence-corrected chi connectivity index (χ2v) is 6.84. The Hall–Kier alpha value is -3.72. The highest BCUT2D eigenvalue weighted by atomic mass is 16.5. The van der Waals surface area contributed by atoms with E-state index in [4.69, 9.17) is 14.2 Å². The molecule has 4 rings (SSSR count). The molecule has 3 heteroatoms. The summed E-state index contributed by atoms with van der Waals surface area (Å²) in [5, 5.41) is 0. The first-order valence-corrected chi connectivity index (χ1v) is 9.93. The van der Waals surface area contributed by atoms with Crippen molar-refractivity contribution >= 4 is 0 Å². The molecule has 0 bridgehead atoms. The Bertz CT molecular complexity index is 970. The predicted octanol–water partition coefficient (Wildman–Crippen LogP) is 6.22. The van der Waals surface area contributed by atoms with Gasteiger partial charge in [0, 0.05) is 0 Å². The van der Waals surface area contributed by atoms with Crippen molar-refractivity contribution in [3.63, 3.8) is 0 Å². The zero-order chi connectivity index (χ0) is 20.4. The molecule has 30 heavy (non-hydrogen) atoms. The summed E-state index contributed by atoms with van der Waals surface area (Å²) in [6, 6.07) is 36.8. The van der Waals surface area contributed by atoms with Crippen LogP contribution in [0.3, 0.4) is 0 Å². The van der Waals surface area contributed by atoms with E-state index in [1.165, 1.54) is 0 Å². The third-order valence-electron chi connectivity index (χ3n) is 4.58. The quantitative estimate of drug-likeness (QED) is 0.336. The summed E-state index contributed by atoms with van der Waals surface area (Å²) >= 11 is 0. The van der Waals surface area contributed by atoms with E-state index in [0.29, 0.717) is 37.1 Å². The smallest absolute Gasteiger partial charge is 0.203 e. The molecule has 4 aromatic rings. The van der Waals surface area contributed by atoms with Crippen LogP contribution in [0.4, 0.5) is 0 Å². The lowest BCUT2D eigenvalue weighted by atomic mass is 10.2. The largest absolute Gasteiger partial charge is 0.485 e. The van der Waals surface area contributed by atoms with Crippen LogP contribution < -0.4 is 14.2 Å². The molecule has 0 N–H and O–H groups in total. The minimum atomic E-state index is 0.425. The Kier molecular flexibility index (Phi) is 6.64. The third-order valence-corrected chi connectivity index (χ3v) is 4.58. The molecule has 0 saturated carbocycles. The van der Waals surface area contributed by atoms with Crippen LogP contribution in [0, 0.1) is 6.07 Å². The minimum Gasteiger partial charge on any atom is -0.485 e. The van der Waals surface area contributed by atoms with Crippen molar-refractivity contribution in [3.05, 3.63) is 126 Å².